The Labute approximate surface area is 167 Å². The molecule has 4 aromatic carbocycles. The molecular weight excluding hydrogens is 338 g/mol. The van der Waals surface area contributed by atoms with Gasteiger partial charge >= 0.3 is 0 Å². The molecule has 0 amide bonds. The SMILES string of the molecule is CC(=NCc1ccc(-c2ccccc2)cc1)c1ccc(-c2ccccc2)cc1. The van der Waals surface area contributed by atoms with Crippen LogP contribution in [0.4, 0.5) is 0 Å². The minimum atomic E-state index is 0.696. The van der Waals surface area contributed by atoms with E-state index in [-0.39, 0.29) is 0 Å². The molecule has 4 aromatic rings. The molecule has 0 atom stereocenters. The molecule has 136 valence electrons. The molecule has 0 N–H and O–H groups in total. The van der Waals surface area contributed by atoms with E-state index in [1.807, 2.05) is 12.1 Å². The fourth-order valence-corrected chi connectivity index (χ4v) is 3.27. The predicted molar refractivity (Wildman–Crippen MR) is 120 cm³/mol. The van der Waals surface area contributed by atoms with Crippen LogP contribution in [0.5, 0.6) is 0 Å². The summed E-state index contributed by atoms with van der Waals surface area (Å²) in [6.45, 7) is 2.78. The maximum atomic E-state index is 4.79. The average molecular weight is 361 g/mol. The maximum Gasteiger partial charge on any atom is 0.0643 e. The smallest absolute Gasteiger partial charge is 0.0643 e. The van der Waals surface area contributed by atoms with Gasteiger partial charge in [-0.05, 0) is 40.3 Å². The lowest BCUT2D eigenvalue weighted by Gasteiger charge is -2.06. The molecule has 0 unspecified atom stereocenters. The van der Waals surface area contributed by atoms with E-state index in [4.69, 9.17) is 4.99 Å². The summed E-state index contributed by atoms with van der Waals surface area (Å²) in [5.74, 6) is 0. The molecule has 0 aromatic heterocycles. The molecule has 0 saturated heterocycles. The molecule has 0 aliphatic heterocycles. The van der Waals surface area contributed by atoms with Crippen LogP contribution < -0.4 is 0 Å². The summed E-state index contributed by atoms with van der Waals surface area (Å²) in [5.41, 5.74) is 8.40. The number of hydrogen-bond acceptors (Lipinski definition) is 1. The summed E-state index contributed by atoms with van der Waals surface area (Å²) in [6.07, 6.45) is 0. The number of aliphatic imine (C=N–C) groups is 1. The highest BCUT2D eigenvalue weighted by Crippen LogP contribution is 2.21. The van der Waals surface area contributed by atoms with Crippen molar-refractivity contribution >= 4 is 5.71 Å². The third-order valence-corrected chi connectivity index (χ3v) is 4.97. The van der Waals surface area contributed by atoms with Gasteiger partial charge in [-0.25, -0.2) is 0 Å². The van der Waals surface area contributed by atoms with Crippen LogP contribution in [-0.2, 0) is 6.54 Å². The molecule has 0 spiro atoms. The van der Waals surface area contributed by atoms with Crippen molar-refractivity contribution in [1.29, 1.82) is 0 Å². The molecule has 0 radical (unpaired) electrons. The van der Waals surface area contributed by atoms with E-state index in [9.17, 15) is 0 Å². The van der Waals surface area contributed by atoms with Crippen molar-refractivity contribution in [2.45, 2.75) is 13.5 Å². The number of benzene rings is 4. The predicted octanol–water partition coefficient (Wildman–Crippen LogP) is 7.03. The zero-order valence-electron chi connectivity index (χ0n) is 16.0. The second kappa shape index (κ2) is 8.49. The van der Waals surface area contributed by atoms with Gasteiger partial charge in [0.1, 0.15) is 0 Å². The van der Waals surface area contributed by atoms with Crippen molar-refractivity contribution in [3.05, 3.63) is 120 Å². The number of nitrogens with zero attached hydrogens (tertiary/aromatic N) is 1. The van der Waals surface area contributed by atoms with Gasteiger partial charge in [-0.2, -0.15) is 0 Å². The van der Waals surface area contributed by atoms with E-state index in [1.165, 1.54) is 33.4 Å². The Kier molecular flexibility index (Phi) is 5.44. The van der Waals surface area contributed by atoms with Crippen molar-refractivity contribution in [1.82, 2.24) is 0 Å². The van der Waals surface area contributed by atoms with E-state index >= 15 is 0 Å². The average Bonchev–Trinajstić information content (AvgIpc) is 2.79. The lowest BCUT2D eigenvalue weighted by Crippen LogP contribution is -1.96. The number of hydrogen-bond donors (Lipinski definition) is 0. The molecule has 0 aliphatic rings. The van der Waals surface area contributed by atoms with Crippen LogP contribution in [0.3, 0.4) is 0 Å². The van der Waals surface area contributed by atoms with Crippen molar-refractivity contribution in [2.24, 2.45) is 4.99 Å². The first-order valence-electron chi connectivity index (χ1n) is 9.61. The zero-order valence-corrected chi connectivity index (χ0v) is 16.0. The first kappa shape index (κ1) is 17.9. The summed E-state index contributed by atoms with van der Waals surface area (Å²) >= 11 is 0. The minimum Gasteiger partial charge on any atom is -0.285 e. The van der Waals surface area contributed by atoms with Crippen molar-refractivity contribution in [3.63, 3.8) is 0 Å². The Morgan fingerprint density at radius 2 is 0.964 bits per heavy atom. The van der Waals surface area contributed by atoms with Gasteiger partial charge in [0.2, 0.25) is 0 Å². The Morgan fingerprint density at radius 1 is 0.536 bits per heavy atom. The van der Waals surface area contributed by atoms with Gasteiger partial charge < -0.3 is 0 Å². The largest absolute Gasteiger partial charge is 0.285 e. The molecule has 0 heterocycles. The van der Waals surface area contributed by atoms with Gasteiger partial charge in [0.15, 0.2) is 0 Å². The molecule has 0 aliphatic carbocycles. The zero-order chi connectivity index (χ0) is 19.2. The van der Waals surface area contributed by atoms with Crippen LogP contribution in [0.1, 0.15) is 18.1 Å². The molecule has 4 rings (SSSR count). The molecule has 0 fully saturated rings. The van der Waals surface area contributed by atoms with Gasteiger partial charge in [-0.3, -0.25) is 4.99 Å². The Balaban J connectivity index is 1.44. The first-order valence-corrected chi connectivity index (χ1v) is 9.61. The molecule has 0 bridgehead atoms. The van der Waals surface area contributed by atoms with Gasteiger partial charge in [0.25, 0.3) is 0 Å². The molecule has 0 saturated carbocycles. The summed E-state index contributed by atoms with van der Waals surface area (Å²) in [7, 11) is 0. The molecule has 1 nitrogen and oxygen atoms in total. The van der Waals surface area contributed by atoms with Crippen LogP contribution >= 0.6 is 0 Å². The minimum absolute atomic E-state index is 0.696. The van der Waals surface area contributed by atoms with E-state index in [0.29, 0.717) is 6.54 Å². The van der Waals surface area contributed by atoms with Crippen LogP contribution in [-0.4, -0.2) is 5.71 Å². The lowest BCUT2D eigenvalue weighted by molar-refractivity contribution is 1.07. The summed E-state index contributed by atoms with van der Waals surface area (Å²) < 4.78 is 0. The van der Waals surface area contributed by atoms with Crippen molar-refractivity contribution < 1.29 is 0 Å². The van der Waals surface area contributed by atoms with Crippen LogP contribution in [0, 0.1) is 0 Å². The first-order chi connectivity index (χ1) is 13.8. The maximum absolute atomic E-state index is 4.79. The quantitative estimate of drug-likeness (QED) is 0.338. The topological polar surface area (TPSA) is 12.4 Å². The normalized spacial score (nSPS) is 11.4. The van der Waals surface area contributed by atoms with Gasteiger partial charge in [0.05, 0.1) is 6.54 Å². The monoisotopic (exact) mass is 361 g/mol. The van der Waals surface area contributed by atoms with Gasteiger partial charge in [-0.15, -0.1) is 0 Å². The second-order valence-electron chi connectivity index (χ2n) is 6.91. The second-order valence-corrected chi connectivity index (χ2v) is 6.91. The fourth-order valence-electron chi connectivity index (χ4n) is 3.27. The standard InChI is InChI=1S/C27H23N/c1-21(23-16-18-27(19-17-23)25-10-6-3-7-11-25)28-20-22-12-14-26(15-13-22)24-8-4-2-5-9-24/h2-19H,20H2,1H3. The fraction of sp³-hybridized carbons (Fsp3) is 0.0741. The van der Waals surface area contributed by atoms with Crippen LogP contribution in [0.2, 0.25) is 0 Å². The Hall–Kier alpha value is -3.45. The van der Waals surface area contributed by atoms with Crippen LogP contribution in [0.15, 0.2) is 114 Å². The van der Waals surface area contributed by atoms with E-state index in [2.05, 4.69) is 104 Å². The van der Waals surface area contributed by atoms with Crippen LogP contribution in [0.25, 0.3) is 22.3 Å². The number of rotatable bonds is 5. The Bertz CT molecular complexity index is 1040. The molecular formula is C27H23N. The van der Waals surface area contributed by atoms with Crippen molar-refractivity contribution in [3.8, 4) is 22.3 Å². The molecule has 1 heteroatoms. The summed E-state index contributed by atoms with van der Waals surface area (Å²) in [5, 5.41) is 0. The third-order valence-electron chi connectivity index (χ3n) is 4.97. The Morgan fingerprint density at radius 3 is 1.46 bits per heavy atom. The summed E-state index contributed by atoms with van der Waals surface area (Å²) in [6, 6.07) is 38.2. The van der Waals surface area contributed by atoms with E-state index < -0.39 is 0 Å². The summed E-state index contributed by atoms with van der Waals surface area (Å²) in [4.78, 5) is 4.79. The van der Waals surface area contributed by atoms with Gasteiger partial charge in [0, 0.05) is 5.71 Å². The van der Waals surface area contributed by atoms with E-state index in [1.54, 1.807) is 0 Å². The highest BCUT2D eigenvalue weighted by molar-refractivity contribution is 5.99. The highest BCUT2D eigenvalue weighted by atomic mass is 14.7. The third kappa shape index (κ3) is 4.27. The van der Waals surface area contributed by atoms with Gasteiger partial charge in [-0.1, -0.05) is 109 Å². The van der Waals surface area contributed by atoms with E-state index in [0.717, 1.165) is 5.71 Å². The lowest BCUT2D eigenvalue weighted by atomic mass is 10.0. The molecule has 28 heavy (non-hydrogen) atoms. The van der Waals surface area contributed by atoms with Crippen molar-refractivity contribution in [2.75, 3.05) is 0 Å². The highest BCUT2D eigenvalue weighted by Gasteiger charge is 2.01.